The molecule has 6 heteroatoms. The second-order valence-corrected chi connectivity index (χ2v) is 4.89. The SMILES string of the molecule is CC1Oc2ccc(C3CN(C)C(=O)N3)cc2NC1=O. The molecule has 2 atom stereocenters. The summed E-state index contributed by atoms with van der Waals surface area (Å²) in [6, 6.07) is 5.44. The van der Waals surface area contributed by atoms with Crippen molar-refractivity contribution in [1.29, 1.82) is 0 Å². The molecule has 100 valence electrons. The minimum Gasteiger partial charge on any atom is -0.479 e. The van der Waals surface area contributed by atoms with E-state index in [9.17, 15) is 9.59 Å². The van der Waals surface area contributed by atoms with Crippen LogP contribution in [0, 0.1) is 0 Å². The number of amides is 3. The van der Waals surface area contributed by atoms with Crippen molar-refractivity contribution in [2.24, 2.45) is 0 Å². The Hall–Kier alpha value is -2.24. The van der Waals surface area contributed by atoms with Gasteiger partial charge in [-0.15, -0.1) is 0 Å². The number of hydrogen-bond acceptors (Lipinski definition) is 3. The van der Waals surface area contributed by atoms with Gasteiger partial charge in [0, 0.05) is 13.6 Å². The normalized spacial score (nSPS) is 25.5. The van der Waals surface area contributed by atoms with Gasteiger partial charge in [0.2, 0.25) is 0 Å². The van der Waals surface area contributed by atoms with Crippen molar-refractivity contribution in [2.45, 2.75) is 19.1 Å². The van der Waals surface area contributed by atoms with Crippen molar-refractivity contribution >= 4 is 17.6 Å². The van der Waals surface area contributed by atoms with Gasteiger partial charge in [-0.25, -0.2) is 4.79 Å². The molecule has 2 aliphatic heterocycles. The first kappa shape index (κ1) is 11.8. The quantitative estimate of drug-likeness (QED) is 0.795. The zero-order valence-corrected chi connectivity index (χ0v) is 10.8. The number of fused-ring (bicyclic) bond motifs is 1. The van der Waals surface area contributed by atoms with Gasteiger partial charge < -0.3 is 20.3 Å². The highest BCUT2D eigenvalue weighted by Crippen LogP contribution is 2.33. The molecule has 3 amide bonds. The Morgan fingerprint density at radius 1 is 1.37 bits per heavy atom. The number of urea groups is 1. The van der Waals surface area contributed by atoms with Crippen molar-refractivity contribution < 1.29 is 14.3 Å². The summed E-state index contributed by atoms with van der Waals surface area (Å²) >= 11 is 0. The van der Waals surface area contributed by atoms with Crippen LogP contribution in [0.2, 0.25) is 0 Å². The van der Waals surface area contributed by atoms with Gasteiger partial charge in [-0.2, -0.15) is 0 Å². The lowest BCUT2D eigenvalue weighted by molar-refractivity contribution is -0.122. The van der Waals surface area contributed by atoms with Crippen molar-refractivity contribution in [3.63, 3.8) is 0 Å². The number of nitrogens with one attached hydrogen (secondary N) is 2. The third kappa shape index (κ3) is 1.99. The Kier molecular flexibility index (Phi) is 2.58. The fraction of sp³-hybridized carbons (Fsp3) is 0.385. The van der Waals surface area contributed by atoms with Crippen molar-refractivity contribution in [2.75, 3.05) is 18.9 Å². The summed E-state index contributed by atoms with van der Waals surface area (Å²) in [7, 11) is 1.75. The van der Waals surface area contributed by atoms with E-state index in [1.54, 1.807) is 18.9 Å². The Morgan fingerprint density at radius 2 is 2.16 bits per heavy atom. The molecule has 2 heterocycles. The average molecular weight is 261 g/mol. The zero-order valence-electron chi connectivity index (χ0n) is 10.8. The van der Waals surface area contributed by atoms with Crippen LogP contribution in [-0.4, -0.2) is 36.5 Å². The minimum atomic E-state index is -0.476. The van der Waals surface area contributed by atoms with Gasteiger partial charge in [0.05, 0.1) is 11.7 Å². The third-order valence-corrected chi connectivity index (χ3v) is 3.44. The molecule has 2 N–H and O–H groups in total. The van der Waals surface area contributed by atoms with Crippen LogP contribution in [0.25, 0.3) is 0 Å². The molecule has 1 fully saturated rings. The Balaban J connectivity index is 1.88. The van der Waals surface area contributed by atoms with Gasteiger partial charge in [0.25, 0.3) is 5.91 Å². The van der Waals surface area contributed by atoms with E-state index in [0.29, 0.717) is 18.0 Å². The van der Waals surface area contributed by atoms with Gasteiger partial charge in [0.1, 0.15) is 5.75 Å². The maximum absolute atomic E-state index is 11.6. The first-order valence-electron chi connectivity index (χ1n) is 6.17. The molecular weight excluding hydrogens is 246 g/mol. The average Bonchev–Trinajstić information content (AvgIpc) is 2.71. The third-order valence-electron chi connectivity index (χ3n) is 3.44. The number of ether oxygens (including phenoxy) is 1. The van der Waals surface area contributed by atoms with E-state index in [1.165, 1.54) is 0 Å². The highest BCUT2D eigenvalue weighted by Gasteiger charge is 2.29. The summed E-state index contributed by atoms with van der Waals surface area (Å²) in [4.78, 5) is 24.7. The van der Waals surface area contributed by atoms with Gasteiger partial charge in [-0.1, -0.05) is 6.07 Å². The molecule has 2 aliphatic rings. The first-order valence-corrected chi connectivity index (χ1v) is 6.17. The standard InChI is InChI=1S/C13H15N3O3/c1-7-12(17)14-9-5-8(3-4-11(9)19-7)10-6-16(2)13(18)15-10/h3-5,7,10H,6H2,1-2H3,(H,14,17)(H,15,18). The van der Waals surface area contributed by atoms with Crippen LogP contribution < -0.4 is 15.4 Å². The van der Waals surface area contributed by atoms with E-state index in [0.717, 1.165) is 5.56 Å². The topological polar surface area (TPSA) is 70.7 Å². The van der Waals surface area contributed by atoms with E-state index in [4.69, 9.17) is 4.74 Å². The molecule has 2 unspecified atom stereocenters. The smallest absolute Gasteiger partial charge is 0.317 e. The molecule has 1 aromatic carbocycles. The van der Waals surface area contributed by atoms with Crippen LogP contribution in [0.1, 0.15) is 18.5 Å². The number of nitrogens with zero attached hydrogens (tertiary/aromatic N) is 1. The van der Waals surface area contributed by atoms with Crippen molar-refractivity contribution in [1.82, 2.24) is 10.2 Å². The summed E-state index contributed by atoms with van der Waals surface area (Å²) in [5.74, 6) is 0.505. The molecule has 0 radical (unpaired) electrons. The summed E-state index contributed by atoms with van der Waals surface area (Å²) < 4.78 is 5.49. The Labute approximate surface area is 110 Å². The van der Waals surface area contributed by atoms with Crippen LogP contribution >= 0.6 is 0 Å². The molecule has 0 spiro atoms. The van der Waals surface area contributed by atoms with Crippen molar-refractivity contribution in [3.05, 3.63) is 23.8 Å². The van der Waals surface area contributed by atoms with E-state index in [1.807, 2.05) is 18.2 Å². The lowest BCUT2D eigenvalue weighted by atomic mass is 10.1. The summed E-state index contributed by atoms with van der Waals surface area (Å²) in [6.07, 6.45) is -0.476. The maximum Gasteiger partial charge on any atom is 0.317 e. The molecule has 1 aromatic rings. The summed E-state index contributed by atoms with van der Waals surface area (Å²) in [5, 5.41) is 5.69. The van der Waals surface area contributed by atoms with Gasteiger partial charge in [-0.3, -0.25) is 4.79 Å². The van der Waals surface area contributed by atoms with Crippen LogP contribution in [0.4, 0.5) is 10.5 Å². The largest absolute Gasteiger partial charge is 0.479 e. The fourth-order valence-electron chi connectivity index (χ4n) is 2.29. The molecule has 3 rings (SSSR count). The molecule has 0 bridgehead atoms. The monoisotopic (exact) mass is 261 g/mol. The predicted octanol–water partition coefficient (Wildman–Crippen LogP) is 1.10. The number of hydrogen-bond donors (Lipinski definition) is 2. The van der Waals surface area contributed by atoms with Gasteiger partial charge >= 0.3 is 6.03 Å². The number of carbonyl (C=O) groups excluding carboxylic acids is 2. The van der Waals surface area contributed by atoms with Crippen LogP contribution in [0.3, 0.4) is 0 Å². The highest BCUT2D eigenvalue weighted by atomic mass is 16.5. The lowest BCUT2D eigenvalue weighted by Gasteiger charge is -2.24. The molecule has 0 aromatic heterocycles. The zero-order chi connectivity index (χ0) is 13.6. The van der Waals surface area contributed by atoms with Crippen molar-refractivity contribution in [3.8, 4) is 5.75 Å². The molecular formula is C13H15N3O3. The molecule has 0 aliphatic carbocycles. The summed E-state index contributed by atoms with van der Waals surface area (Å²) in [5.41, 5.74) is 1.61. The number of rotatable bonds is 1. The van der Waals surface area contributed by atoms with Gasteiger partial charge in [0.15, 0.2) is 6.10 Å². The predicted molar refractivity (Wildman–Crippen MR) is 69.1 cm³/mol. The van der Waals surface area contributed by atoms with Crippen LogP contribution in [0.15, 0.2) is 18.2 Å². The Morgan fingerprint density at radius 3 is 2.84 bits per heavy atom. The highest BCUT2D eigenvalue weighted by molar-refractivity contribution is 5.97. The van der Waals surface area contributed by atoms with E-state index < -0.39 is 6.10 Å². The second kappa shape index (κ2) is 4.15. The Bertz CT molecular complexity index is 558. The van der Waals surface area contributed by atoms with E-state index in [-0.39, 0.29) is 18.0 Å². The minimum absolute atomic E-state index is 0.0564. The lowest BCUT2D eigenvalue weighted by Crippen LogP contribution is -2.34. The fourth-order valence-corrected chi connectivity index (χ4v) is 2.29. The maximum atomic E-state index is 11.6. The first-order chi connectivity index (χ1) is 9.04. The molecule has 19 heavy (non-hydrogen) atoms. The van der Waals surface area contributed by atoms with Crippen LogP contribution in [-0.2, 0) is 4.79 Å². The second-order valence-electron chi connectivity index (χ2n) is 4.89. The van der Waals surface area contributed by atoms with E-state index in [2.05, 4.69) is 10.6 Å². The number of likely N-dealkylation sites (N-methyl/N-ethyl adjacent to an activating group) is 1. The number of benzene rings is 1. The van der Waals surface area contributed by atoms with Crippen LogP contribution in [0.5, 0.6) is 5.75 Å². The number of carbonyl (C=O) groups is 2. The van der Waals surface area contributed by atoms with Gasteiger partial charge in [-0.05, 0) is 24.6 Å². The molecule has 6 nitrogen and oxygen atoms in total. The number of anilines is 1. The van der Waals surface area contributed by atoms with E-state index >= 15 is 0 Å². The molecule has 1 saturated heterocycles. The molecule has 0 saturated carbocycles. The summed E-state index contributed by atoms with van der Waals surface area (Å²) in [6.45, 7) is 2.32.